The maximum atomic E-state index is 13.2. The molecule has 5 unspecified atom stereocenters. The number of rotatable bonds is 17. The Hall–Kier alpha value is -4.08. The van der Waals surface area contributed by atoms with Crippen LogP contribution in [0, 0.1) is 17.2 Å². The number of nitrogens with zero attached hydrogens (tertiary/aromatic N) is 3. The third-order valence-electron chi connectivity index (χ3n) is 9.45. The van der Waals surface area contributed by atoms with Gasteiger partial charge in [-0.2, -0.15) is 5.26 Å². The minimum Gasteiger partial charge on any atom is -0.497 e. The van der Waals surface area contributed by atoms with Crippen LogP contribution in [0.3, 0.4) is 0 Å². The summed E-state index contributed by atoms with van der Waals surface area (Å²) in [6, 6.07) is 27.4. The number of ether oxygens (including phenoxy) is 4. The molecule has 5 rings (SSSR count). The largest absolute Gasteiger partial charge is 0.497 e. The van der Waals surface area contributed by atoms with Gasteiger partial charge in [0, 0.05) is 25.0 Å². The van der Waals surface area contributed by atoms with Crippen molar-refractivity contribution in [3.63, 3.8) is 0 Å². The quantitative estimate of drug-likeness (QED) is 0.0877. The topological polar surface area (TPSA) is 132 Å². The Kier molecular flexibility index (Phi) is 13.9. The van der Waals surface area contributed by atoms with Crippen LogP contribution in [0.5, 0.6) is 11.5 Å². The highest BCUT2D eigenvalue weighted by Crippen LogP contribution is 2.48. The van der Waals surface area contributed by atoms with E-state index in [-0.39, 0.29) is 44.2 Å². The van der Waals surface area contributed by atoms with Gasteiger partial charge in [0.2, 0.25) is 5.91 Å². The number of urea groups is 1. The van der Waals surface area contributed by atoms with Gasteiger partial charge in [0.05, 0.1) is 51.9 Å². The summed E-state index contributed by atoms with van der Waals surface area (Å²) in [5.74, 6) is 0.664. The summed E-state index contributed by atoms with van der Waals surface area (Å²) in [4.78, 5) is 27.2. The molecule has 0 bridgehead atoms. The van der Waals surface area contributed by atoms with E-state index in [1.165, 1.54) is 0 Å². The number of amides is 3. The molecule has 12 nitrogen and oxygen atoms in total. The van der Waals surface area contributed by atoms with E-state index in [1.807, 2.05) is 78.9 Å². The molecule has 3 aromatic carbocycles. The average Bonchev–Trinajstić information content (AvgIpc) is 3.56. The van der Waals surface area contributed by atoms with Crippen LogP contribution in [0.2, 0.25) is 0 Å². The second-order valence-electron chi connectivity index (χ2n) is 13.7. The minimum atomic E-state index is -1.60. The first-order valence-electron chi connectivity index (χ1n) is 18.0. The second-order valence-corrected chi connectivity index (χ2v) is 15.2. The maximum Gasteiger partial charge on any atom is 0.326 e. The van der Waals surface area contributed by atoms with E-state index < -0.39 is 44.5 Å². The van der Waals surface area contributed by atoms with E-state index in [0.29, 0.717) is 17.9 Å². The number of benzene rings is 3. The van der Waals surface area contributed by atoms with Crippen molar-refractivity contribution < 1.29 is 37.6 Å². The maximum absolute atomic E-state index is 13.2. The van der Waals surface area contributed by atoms with Gasteiger partial charge in [-0.1, -0.05) is 61.5 Å². The number of hydrogen-bond donors (Lipinski definition) is 1. The summed E-state index contributed by atoms with van der Waals surface area (Å²) in [5, 5.41) is 11.7. The number of hydrogen-bond acceptors (Lipinski definition) is 10. The first kappa shape index (κ1) is 40.1. The van der Waals surface area contributed by atoms with E-state index in [2.05, 4.69) is 43.8 Å². The highest BCUT2D eigenvalue weighted by molar-refractivity contribution is 7.44. The summed E-state index contributed by atoms with van der Waals surface area (Å²) in [6.07, 6.45) is -1.46. The molecule has 0 radical (unpaired) electrons. The first-order valence-corrected chi connectivity index (χ1v) is 19.2. The van der Waals surface area contributed by atoms with E-state index in [0.717, 1.165) is 16.7 Å². The van der Waals surface area contributed by atoms with Crippen molar-refractivity contribution >= 4 is 20.5 Å². The van der Waals surface area contributed by atoms with E-state index >= 15 is 0 Å². The zero-order chi connectivity index (χ0) is 38.1. The molecule has 0 spiro atoms. The molecule has 1 N–H and O–H groups in total. The van der Waals surface area contributed by atoms with Gasteiger partial charge >= 0.3 is 6.03 Å². The third kappa shape index (κ3) is 9.18. The summed E-state index contributed by atoms with van der Waals surface area (Å²) in [6.45, 7) is 10.6. The number of nitriles is 1. The van der Waals surface area contributed by atoms with Crippen LogP contribution in [0.1, 0.15) is 64.2 Å². The Balaban J connectivity index is 1.60. The van der Waals surface area contributed by atoms with Crippen LogP contribution in [0.15, 0.2) is 78.9 Å². The van der Waals surface area contributed by atoms with E-state index in [1.54, 1.807) is 26.0 Å². The molecular weight excluding hydrogens is 695 g/mol. The van der Waals surface area contributed by atoms with Crippen molar-refractivity contribution in [3.05, 3.63) is 95.6 Å². The average molecular weight is 747 g/mol. The fraction of sp³-hybridized carbons (Fsp3) is 0.475. The van der Waals surface area contributed by atoms with Gasteiger partial charge in [0.1, 0.15) is 29.4 Å². The van der Waals surface area contributed by atoms with Gasteiger partial charge in [0.25, 0.3) is 8.53 Å². The second kappa shape index (κ2) is 18.3. The predicted molar refractivity (Wildman–Crippen MR) is 201 cm³/mol. The normalized spacial score (nSPS) is 21.2. The van der Waals surface area contributed by atoms with Gasteiger partial charge in [0.15, 0.2) is 0 Å². The van der Waals surface area contributed by atoms with Crippen molar-refractivity contribution in [1.82, 2.24) is 14.9 Å². The zero-order valence-corrected chi connectivity index (χ0v) is 32.5. The highest BCUT2D eigenvalue weighted by atomic mass is 31.2. The lowest BCUT2D eigenvalue weighted by molar-refractivity contribution is -0.129. The molecule has 0 saturated carbocycles. The summed E-state index contributed by atoms with van der Waals surface area (Å²) in [5.41, 5.74) is 1.41. The lowest BCUT2D eigenvalue weighted by atomic mass is 9.79. The van der Waals surface area contributed by atoms with Crippen LogP contribution in [-0.2, 0) is 28.9 Å². The molecule has 2 aliphatic heterocycles. The lowest BCUT2D eigenvalue weighted by Gasteiger charge is -2.40. The fourth-order valence-electron chi connectivity index (χ4n) is 6.88. The Morgan fingerprint density at radius 3 is 2.00 bits per heavy atom. The molecule has 2 heterocycles. The summed E-state index contributed by atoms with van der Waals surface area (Å²) >= 11 is 0. The molecule has 2 fully saturated rings. The molecule has 0 aliphatic carbocycles. The summed E-state index contributed by atoms with van der Waals surface area (Å²) in [7, 11) is 1.66. The number of carbonyl (C=O) groups excluding carboxylic acids is 2. The number of imide groups is 1. The monoisotopic (exact) mass is 746 g/mol. The minimum absolute atomic E-state index is 0.0788. The number of methoxy groups -OCH3 is 2. The van der Waals surface area contributed by atoms with Crippen LogP contribution >= 0.6 is 8.53 Å². The molecular formula is C40H51N4O8P. The molecule has 3 aromatic rings. The van der Waals surface area contributed by atoms with Crippen LogP contribution in [-0.4, -0.2) is 86.0 Å². The van der Waals surface area contributed by atoms with Crippen LogP contribution < -0.4 is 14.8 Å². The number of nitrogens with one attached hydrogen (secondary N) is 1. The molecule has 53 heavy (non-hydrogen) atoms. The van der Waals surface area contributed by atoms with E-state index in [9.17, 15) is 14.9 Å². The van der Waals surface area contributed by atoms with E-state index in [4.69, 9.17) is 28.0 Å². The first-order chi connectivity index (χ1) is 25.5. The predicted octanol–water partition coefficient (Wildman–Crippen LogP) is 6.98. The SMILES string of the molecule is COc1ccc(C(OC2CC(N3CC(C)C(=O)NC3=O)OC2COP(OCCC#N)N(C(C)C)C(C)C)(c2ccccc2)c2ccc(OC)cc2)cc1. The molecule has 2 saturated heterocycles. The van der Waals surface area contributed by atoms with Gasteiger partial charge in [-0.3, -0.25) is 15.0 Å². The van der Waals surface area contributed by atoms with Gasteiger partial charge in [-0.15, -0.1) is 0 Å². The number of carbonyl (C=O) groups is 2. The molecule has 13 heteroatoms. The van der Waals surface area contributed by atoms with Crippen molar-refractivity contribution in [2.24, 2.45) is 5.92 Å². The van der Waals surface area contributed by atoms with Crippen molar-refractivity contribution in [1.29, 1.82) is 5.26 Å². The summed E-state index contributed by atoms with van der Waals surface area (Å²) < 4.78 is 40.3. The molecule has 284 valence electrons. The van der Waals surface area contributed by atoms with Crippen molar-refractivity contribution in [2.45, 2.75) is 83.6 Å². The van der Waals surface area contributed by atoms with Crippen LogP contribution in [0.25, 0.3) is 0 Å². The van der Waals surface area contributed by atoms with Crippen molar-refractivity contribution in [2.75, 3.05) is 34.0 Å². The lowest BCUT2D eigenvalue weighted by Crippen LogP contribution is -2.57. The van der Waals surface area contributed by atoms with Gasteiger partial charge in [-0.05, 0) is 68.7 Å². The highest BCUT2D eigenvalue weighted by Gasteiger charge is 2.49. The fourth-order valence-corrected chi connectivity index (χ4v) is 8.50. The Morgan fingerprint density at radius 2 is 1.47 bits per heavy atom. The molecule has 0 aromatic heterocycles. The van der Waals surface area contributed by atoms with Crippen LogP contribution in [0.4, 0.5) is 4.79 Å². The third-order valence-corrected chi connectivity index (χ3v) is 11.5. The smallest absolute Gasteiger partial charge is 0.326 e. The zero-order valence-electron chi connectivity index (χ0n) is 31.6. The molecule has 5 atom stereocenters. The molecule has 2 aliphatic rings. The Bertz CT molecular complexity index is 1630. The Morgan fingerprint density at radius 1 is 0.906 bits per heavy atom. The standard InChI is InChI=1S/C40H51N4O8P/c1-27(2)44(28(3)4)53(49-23-11-22-41)50-26-36-35(24-37(51-36)43-25-29(5)38(45)42-39(43)46)52-40(30-12-9-8-10-13-30,31-14-18-33(47-6)19-15-31)32-16-20-34(48-7)21-17-32/h8-10,12-21,27-29,35-37H,11,23-26H2,1-7H3,(H,42,45,46). The Labute approximate surface area is 314 Å². The van der Waals surface area contributed by atoms with Crippen molar-refractivity contribution in [3.8, 4) is 17.6 Å². The molecule has 3 amide bonds. The van der Waals surface area contributed by atoms with Gasteiger partial charge in [-0.25, -0.2) is 9.46 Å². The van der Waals surface area contributed by atoms with Gasteiger partial charge < -0.3 is 28.0 Å².